The van der Waals surface area contributed by atoms with E-state index in [1.165, 1.54) is 27.4 Å². The van der Waals surface area contributed by atoms with Crippen molar-refractivity contribution in [1.29, 1.82) is 0 Å². The molecule has 2 aromatic carbocycles. The lowest BCUT2D eigenvalue weighted by Crippen LogP contribution is -2.59. The van der Waals surface area contributed by atoms with Crippen molar-refractivity contribution in [2.45, 2.75) is 11.4 Å². The zero-order valence-electron chi connectivity index (χ0n) is 13.8. The Labute approximate surface area is 140 Å². The molecule has 1 atom stereocenters. The maximum Gasteiger partial charge on any atom is 0.239 e. The summed E-state index contributed by atoms with van der Waals surface area (Å²) in [5, 5.41) is 20.4. The molecule has 0 saturated heterocycles. The van der Waals surface area contributed by atoms with E-state index in [0.29, 0.717) is 5.75 Å². The number of benzene rings is 2. The SMILES string of the molecule is COC1(c2ccccc2)COc2ccc(O)c(O)c2C1(OC)OC. The van der Waals surface area contributed by atoms with Crippen molar-refractivity contribution in [1.82, 2.24) is 0 Å². The van der Waals surface area contributed by atoms with Crippen LogP contribution in [0.25, 0.3) is 0 Å². The van der Waals surface area contributed by atoms with Gasteiger partial charge >= 0.3 is 0 Å². The van der Waals surface area contributed by atoms with E-state index in [1.807, 2.05) is 30.3 Å². The molecule has 3 rings (SSSR count). The molecule has 2 N–H and O–H groups in total. The van der Waals surface area contributed by atoms with Crippen LogP contribution in [0.4, 0.5) is 0 Å². The monoisotopic (exact) mass is 332 g/mol. The van der Waals surface area contributed by atoms with Crippen LogP contribution in [0.15, 0.2) is 42.5 Å². The van der Waals surface area contributed by atoms with Gasteiger partial charge in [-0.2, -0.15) is 0 Å². The molecule has 0 spiro atoms. The fraction of sp³-hybridized carbons (Fsp3) is 0.333. The predicted molar refractivity (Wildman–Crippen MR) is 86.1 cm³/mol. The minimum atomic E-state index is -1.51. The molecule has 1 heterocycles. The molecule has 1 unspecified atom stereocenters. The van der Waals surface area contributed by atoms with E-state index in [4.69, 9.17) is 18.9 Å². The van der Waals surface area contributed by atoms with Crippen LogP contribution in [0.5, 0.6) is 17.2 Å². The van der Waals surface area contributed by atoms with E-state index in [-0.39, 0.29) is 23.7 Å². The lowest BCUT2D eigenvalue weighted by molar-refractivity contribution is -0.339. The summed E-state index contributed by atoms with van der Waals surface area (Å²) in [4.78, 5) is 0. The van der Waals surface area contributed by atoms with Crippen LogP contribution in [0, 0.1) is 0 Å². The summed E-state index contributed by atoms with van der Waals surface area (Å²) in [6, 6.07) is 12.3. The average molecular weight is 332 g/mol. The van der Waals surface area contributed by atoms with Crippen LogP contribution in [-0.2, 0) is 25.6 Å². The first-order valence-electron chi connectivity index (χ1n) is 7.45. The molecule has 128 valence electrons. The van der Waals surface area contributed by atoms with Gasteiger partial charge in [-0.1, -0.05) is 30.3 Å². The third-order valence-electron chi connectivity index (χ3n) is 4.57. The minimum absolute atomic E-state index is 0.104. The summed E-state index contributed by atoms with van der Waals surface area (Å²) in [7, 11) is 4.44. The standard InChI is InChI=1S/C18H20O6/c1-21-17(12-7-5-4-6-8-12)11-24-14-10-9-13(19)16(20)15(14)18(17,22-2)23-3/h4-10,19-20H,11H2,1-3H3. The fourth-order valence-electron chi connectivity index (χ4n) is 3.39. The average Bonchev–Trinajstić information content (AvgIpc) is 2.64. The number of ether oxygens (including phenoxy) is 4. The number of rotatable bonds is 4. The van der Waals surface area contributed by atoms with E-state index < -0.39 is 11.4 Å². The van der Waals surface area contributed by atoms with E-state index >= 15 is 0 Å². The van der Waals surface area contributed by atoms with Crippen molar-refractivity contribution >= 4 is 0 Å². The van der Waals surface area contributed by atoms with Crippen LogP contribution >= 0.6 is 0 Å². The molecule has 0 aromatic heterocycles. The highest BCUT2D eigenvalue weighted by atomic mass is 16.7. The van der Waals surface area contributed by atoms with Gasteiger partial charge in [0.25, 0.3) is 0 Å². The summed E-state index contributed by atoms with van der Waals surface area (Å²) in [6.45, 7) is 0.104. The summed E-state index contributed by atoms with van der Waals surface area (Å²) >= 11 is 0. The lowest BCUT2D eigenvalue weighted by Gasteiger charge is -2.50. The molecule has 2 aromatic rings. The van der Waals surface area contributed by atoms with Crippen LogP contribution in [0.1, 0.15) is 11.1 Å². The zero-order chi connectivity index (χ0) is 17.4. The Morgan fingerprint density at radius 2 is 1.58 bits per heavy atom. The Balaban J connectivity index is 2.35. The number of methoxy groups -OCH3 is 3. The molecule has 1 aliphatic rings. The quantitative estimate of drug-likeness (QED) is 0.662. The number of hydrogen-bond acceptors (Lipinski definition) is 6. The molecule has 6 heteroatoms. The van der Waals surface area contributed by atoms with E-state index in [1.54, 1.807) is 6.07 Å². The van der Waals surface area contributed by atoms with Gasteiger partial charge in [-0.3, -0.25) is 0 Å². The second-order valence-corrected chi connectivity index (χ2v) is 5.52. The predicted octanol–water partition coefficient (Wildman–Crippen LogP) is 2.48. The Hall–Kier alpha value is -2.28. The molecular formula is C18H20O6. The third kappa shape index (κ3) is 2.00. The molecule has 1 aliphatic heterocycles. The first-order valence-corrected chi connectivity index (χ1v) is 7.45. The molecule has 0 aliphatic carbocycles. The summed E-state index contributed by atoms with van der Waals surface area (Å²) < 4.78 is 23.2. The van der Waals surface area contributed by atoms with Crippen molar-refractivity contribution < 1.29 is 29.2 Å². The van der Waals surface area contributed by atoms with E-state index in [9.17, 15) is 10.2 Å². The van der Waals surface area contributed by atoms with Gasteiger partial charge in [-0.15, -0.1) is 0 Å². The van der Waals surface area contributed by atoms with Gasteiger partial charge in [0.05, 0.1) is 0 Å². The molecule has 0 bridgehead atoms. The minimum Gasteiger partial charge on any atom is -0.504 e. The maximum atomic E-state index is 10.5. The highest BCUT2D eigenvalue weighted by Gasteiger charge is 2.62. The number of phenolic OH excluding ortho intramolecular Hbond substituents is 2. The molecule has 0 fully saturated rings. The first kappa shape index (κ1) is 16.6. The van der Waals surface area contributed by atoms with Gasteiger partial charge < -0.3 is 29.2 Å². The molecule has 6 nitrogen and oxygen atoms in total. The number of aromatic hydroxyl groups is 2. The van der Waals surface area contributed by atoms with Gasteiger partial charge in [0.2, 0.25) is 5.79 Å². The third-order valence-corrected chi connectivity index (χ3v) is 4.57. The van der Waals surface area contributed by atoms with Crippen molar-refractivity contribution in [3.05, 3.63) is 53.6 Å². The van der Waals surface area contributed by atoms with Gasteiger partial charge in [-0.25, -0.2) is 0 Å². The largest absolute Gasteiger partial charge is 0.504 e. The second kappa shape index (κ2) is 5.98. The van der Waals surface area contributed by atoms with E-state index in [2.05, 4.69) is 0 Å². The number of fused-ring (bicyclic) bond motifs is 1. The highest BCUT2D eigenvalue weighted by Crippen LogP contribution is 2.56. The van der Waals surface area contributed by atoms with Gasteiger partial charge in [-0.05, 0) is 17.7 Å². The van der Waals surface area contributed by atoms with Crippen LogP contribution < -0.4 is 4.74 Å². The van der Waals surface area contributed by atoms with Crippen molar-refractivity contribution in [3.8, 4) is 17.2 Å². The smallest absolute Gasteiger partial charge is 0.239 e. The molecular weight excluding hydrogens is 312 g/mol. The lowest BCUT2D eigenvalue weighted by atomic mass is 9.78. The molecule has 0 radical (unpaired) electrons. The summed E-state index contributed by atoms with van der Waals surface area (Å²) in [5.74, 6) is -1.82. The molecule has 0 amide bonds. The maximum absolute atomic E-state index is 10.5. The second-order valence-electron chi connectivity index (χ2n) is 5.52. The summed E-state index contributed by atoms with van der Waals surface area (Å²) in [6.07, 6.45) is 0. The van der Waals surface area contributed by atoms with Crippen molar-refractivity contribution in [2.75, 3.05) is 27.9 Å². The first-order chi connectivity index (χ1) is 11.6. The Bertz CT molecular complexity index is 726. The number of phenols is 2. The van der Waals surface area contributed by atoms with Gasteiger partial charge in [0.1, 0.15) is 17.9 Å². The van der Waals surface area contributed by atoms with Crippen LogP contribution in [0.2, 0.25) is 0 Å². The Kier molecular flexibility index (Phi) is 4.13. The Morgan fingerprint density at radius 1 is 0.917 bits per heavy atom. The zero-order valence-corrected chi connectivity index (χ0v) is 13.8. The van der Waals surface area contributed by atoms with E-state index in [0.717, 1.165) is 5.56 Å². The van der Waals surface area contributed by atoms with Crippen molar-refractivity contribution in [3.63, 3.8) is 0 Å². The van der Waals surface area contributed by atoms with Gasteiger partial charge in [0.15, 0.2) is 17.1 Å². The molecule has 24 heavy (non-hydrogen) atoms. The number of hydrogen-bond donors (Lipinski definition) is 2. The van der Waals surface area contributed by atoms with Gasteiger partial charge in [0, 0.05) is 21.3 Å². The Morgan fingerprint density at radius 3 is 2.17 bits per heavy atom. The van der Waals surface area contributed by atoms with Crippen LogP contribution in [0.3, 0.4) is 0 Å². The highest BCUT2D eigenvalue weighted by molar-refractivity contribution is 5.57. The normalized spacial score (nSPS) is 21.8. The fourth-order valence-corrected chi connectivity index (χ4v) is 3.39. The molecule has 0 saturated carbocycles. The summed E-state index contributed by atoms with van der Waals surface area (Å²) in [5.41, 5.74) is -0.246. The van der Waals surface area contributed by atoms with Crippen molar-refractivity contribution in [2.24, 2.45) is 0 Å². The van der Waals surface area contributed by atoms with Crippen LogP contribution in [-0.4, -0.2) is 38.1 Å². The topological polar surface area (TPSA) is 77.4 Å².